The minimum absolute atomic E-state index is 0. The average Bonchev–Trinajstić information content (AvgIpc) is 1.25. The van der Waals surface area contributed by atoms with Crippen LogP contribution in [0.3, 0.4) is 0 Å². The van der Waals surface area contributed by atoms with Crippen molar-refractivity contribution in [1.29, 1.82) is 0 Å². The Hall–Kier alpha value is 6.97. The van der Waals surface area contributed by atoms with Gasteiger partial charge in [-0.2, -0.15) is 0 Å². The van der Waals surface area contributed by atoms with Crippen LogP contribution in [0, 0.1) is 49.1 Å². The van der Waals surface area contributed by atoms with Crippen LogP contribution in [0.5, 0.6) is 0 Å². The Labute approximate surface area is 169 Å². The maximum absolute atomic E-state index is 9.78. The summed E-state index contributed by atoms with van der Waals surface area (Å²) in [6, 6.07) is 0. The second-order valence-corrected chi connectivity index (χ2v) is 37.7. The first kappa shape index (κ1) is 25.7. The molecular weight excluding hydrogens is 1040 g/mol. The molecule has 0 saturated heterocycles. The van der Waals surface area contributed by atoms with Gasteiger partial charge in [0.1, 0.15) is 0 Å². The normalized spacial score (nSPS) is 9.00. The van der Waals surface area contributed by atoms with Crippen molar-refractivity contribution in [2.24, 2.45) is 0 Å². The van der Waals surface area contributed by atoms with Crippen molar-refractivity contribution in [3.63, 3.8) is 0 Å². The molecule has 0 atom stereocenters. The van der Waals surface area contributed by atoms with Gasteiger partial charge in [-0.3, -0.25) is 0 Å². The van der Waals surface area contributed by atoms with Crippen LogP contribution < -0.4 is 0 Å². The van der Waals surface area contributed by atoms with Gasteiger partial charge in [0.25, 0.3) is 0 Å². The summed E-state index contributed by atoms with van der Waals surface area (Å²) in [5, 5.41) is 0. The summed E-state index contributed by atoms with van der Waals surface area (Å²) < 4.78 is 29.3. The average molecular weight is 1040 g/mol. The van der Waals surface area contributed by atoms with E-state index < -0.39 is 33.4 Å². The Morgan fingerprint density at radius 1 is 0.900 bits per heavy atom. The fraction of sp³-hybridized carbons (Fsp3) is 0. The molecule has 0 aliphatic carbocycles. The Kier molecular flexibility index (Phi) is 54.7. The minimum atomic E-state index is -4.44. The summed E-state index contributed by atoms with van der Waals surface area (Å²) in [5.41, 5.74) is 0. The van der Waals surface area contributed by atoms with Gasteiger partial charge in [-0.15, -0.1) is 0 Å². The van der Waals surface area contributed by atoms with Crippen LogP contribution in [-0.2, 0) is 0 Å². The molecule has 10 heavy (non-hydrogen) atoms. The summed E-state index contributed by atoms with van der Waals surface area (Å²) in [6.07, 6.45) is 0. The Bertz CT molecular complexity index is 37.2. The molecule has 0 aliphatic rings. The molecule has 0 fully saturated rings. The maximum atomic E-state index is 9.78. The molecule has 0 amide bonds. The van der Waals surface area contributed by atoms with E-state index in [0.717, 1.165) is 0 Å². The zero-order valence-electron chi connectivity index (χ0n) is 3.49. The third-order valence-electron chi connectivity index (χ3n) is 0. The molecule has 0 spiro atoms. The molecule has 0 N–H and O–H groups in total. The van der Waals surface area contributed by atoms with E-state index in [4.69, 9.17) is 0 Å². The van der Waals surface area contributed by atoms with Crippen LogP contribution in [0.1, 0.15) is 0 Å². The third kappa shape index (κ3) is 60.2. The second kappa shape index (κ2) is 21.3. The summed E-state index contributed by atoms with van der Waals surface area (Å²) in [6.45, 7) is 0. The van der Waals surface area contributed by atoms with Gasteiger partial charge in [0.2, 0.25) is 0 Å². The quantitative estimate of drug-likeness (QED) is 0.258. The van der Waals surface area contributed by atoms with Gasteiger partial charge < -0.3 is 0 Å². The Morgan fingerprint density at radius 3 is 0.900 bits per heavy atom. The monoisotopic (exact) mass is 1040 g/mol. The molecule has 0 aromatic rings. The van der Waals surface area contributed by atoms with Gasteiger partial charge in [0.15, 0.2) is 0 Å². The zero-order chi connectivity index (χ0) is 7.15. The first-order chi connectivity index (χ1) is 3.46. The van der Waals surface area contributed by atoms with E-state index in [1.54, 1.807) is 0 Å². The number of halogens is 6. The van der Waals surface area contributed by atoms with Crippen molar-refractivity contribution in [3.05, 3.63) is 0 Å². The van der Waals surface area contributed by atoms with E-state index in [1.807, 2.05) is 0 Å². The first-order valence-electron chi connectivity index (χ1n) is 0.586. The van der Waals surface area contributed by atoms with Crippen LogP contribution in [0.2, 0.25) is 0 Å². The Morgan fingerprint density at radius 2 is 0.900 bits per heavy atom. The van der Waals surface area contributed by atoms with Crippen molar-refractivity contribution >= 4 is 123 Å². The molecule has 0 bridgehead atoms. The predicted octanol–water partition coefficient (Wildman–Crippen LogP) is 2.09. The summed E-state index contributed by atoms with van der Waals surface area (Å²) >= 11 is 2.80. The summed E-state index contributed by atoms with van der Waals surface area (Å²) in [7, 11) is 0. The van der Waals surface area contributed by atoms with Gasteiger partial charge in [-0.25, -0.2) is 0 Å². The van der Waals surface area contributed by atoms with E-state index in [1.165, 1.54) is 0 Å². The van der Waals surface area contributed by atoms with Crippen molar-refractivity contribution in [1.82, 2.24) is 0 Å². The molecule has 0 heterocycles. The third-order valence-corrected chi connectivity index (χ3v) is 0. The number of hydrogen-bond acceptors (Lipinski definition) is 0. The molecule has 0 rings (SSSR count). The van der Waals surface area contributed by atoms with Crippen LogP contribution in [-0.4, -0.2) is 77.6 Å². The van der Waals surface area contributed by atoms with E-state index >= 15 is 0 Å². The summed E-state index contributed by atoms with van der Waals surface area (Å²) in [5.74, 6) is 0. The van der Waals surface area contributed by atoms with Crippen LogP contribution in [0.4, 0.5) is 4.39 Å². The number of hydrogen-bond donors (Lipinski definition) is 0. The molecule has 0 saturated carbocycles. The van der Waals surface area contributed by atoms with Gasteiger partial charge in [-0.1, -0.05) is 0 Å². The molecule has 0 radical (unpaired) electrons. The molecule has 0 aliphatic heterocycles. The topological polar surface area (TPSA) is 0 Å². The Balaban J connectivity index is -0.0000000300. The van der Waals surface area contributed by atoms with E-state index in [9.17, 15) is 4.39 Å². The van der Waals surface area contributed by atoms with Crippen LogP contribution >= 0.6 is 45.7 Å². The first-order valence-corrected chi connectivity index (χ1v) is 16.7. The SMILES string of the molecule is [BiH3].[F][Lu]([F])[F].[I][Lu]([I])[I].[KH]. The van der Waals surface area contributed by atoms with E-state index in [-0.39, 0.29) is 93.3 Å². The fourth-order valence-corrected chi connectivity index (χ4v) is 0. The van der Waals surface area contributed by atoms with E-state index in [2.05, 4.69) is 45.7 Å². The standard InChI is InChI=1S/Bi.3FH.3HI.K.2Lu.4H/h;6*1H;;;;;;;/q;;;;;;;;2*+3;;;;/p-6. The predicted molar refractivity (Wildman–Crippen MR) is 62.5 cm³/mol. The van der Waals surface area contributed by atoms with Crippen molar-refractivity contribution in [2.75, 3.05) is 0 Å². The molecule has 0 aromatic carbocycles. The van der Waals surface area contributed by atoms with E-state index in [0.29, 0.717) is 0 Å². The van der Waals surface area contributed by atoms with Crippen molar-refractivity contribution < 1.29 is 53.5 Å². The van der Waals surface area contributed by atoms with Crippen molar-refractivity contribution in [2.45, 2.75) is 0 Å². The van der Waals surface area contributed by atoms with Crippen LogP contribution in [0.15, 0.2) is 0 Å². The summed E-state index contributed by atoms with van der Waals surface area (Å²) in [4.78, 5) is 0. The van der Waals surface area contributed by atoms with Crippen molar-refractivity contribution in [3.8, 4) is 0 Å². The molecule has 0 aromatic heterocycles. The second-order valence-electron chi connectivity index (χ2n) is 0.221. The van der Waals surface area contributed by atoms with Gasteiger partial charge in [0, 0.05) is 0 Å². The zero-order valence-corrected chi connectivity index (χ0v) is 18.8. The fourth-order valence-electron chi connectivity index (χ4n) is 0. The molecular formula is H4BiF3I3KLu2. The van der Waals surface area contributed by atoms with Gasteiger partial charge in [0.05, 0.1) is 0 Å². The molecule has 82 valence electrons. The number of rotatable bonds is 0. The van der Waals surface area contributed by atoms with Crippen LogP contribution in [0.25, 0.3) is 0 Å². The molecule has 0 nitrogen and oxygen atoms in total. The van der Waals surface area contributed by atoms with Gasteiger partial charge >= 0.3 is 177 Å². The van der Waals surface area contributed by atoms with Gasteiger partial charge in [-0.05, 0) is 0 Å². The molecule has 0 unspecified atom stereocenters. The molecule has 10 heteroatoms.